The van der Waals surface area contributed by atoms with Crippen LogP contribution in [-0.4, -0.2) is 43.3 Å². The molecule has 1 aromatic carbocycles. The number of hydrazone groups is 1. The maximum absolute atomic E-state index is 12.4. The molecule has 0 radical (unpaired) electrons. The molecular formula is C15H14N4O9. The molecule has 1 amide bonds. The van der Waals surface area contributed by atoms with Gasteiger partial charge in [0.15, 0.2) is 11.5 Å². The fourth-order valence-electron chi connectivity index (χ4n) is 2.22. The molecule has 0 aliphatic rings. The number of rotatable bonds is 8. The van der Waals surface area contributed by atoms with Crippen molar-refractivity contribution in [2.24, 2.45) is 5.10 Å². The fourth-order valence-corrected chi connectivity index (χ4v) is 2.22. The minimum atomic E-state index is -0.955. The minimum absolute atomic E-state index is 0.00797. The van der Waals surface area contributed by atoms with Gasteiger partial charge in [0.05, 0.1) is 38.5 Å². The molecular weight excluding hydrogens is 380 g/mol. The van der Waals surface area contributed by atoms with Gasteiger partial charge in [-0.3, -0.25) is 25.0 Å². The van der Waals surface area contributed by atoms with Gasteiger partial charge in [-0.05, 0) is 6.07 Å². The van der Waals surface area contributed by atoms with Crippen molar-refractivity contribution >= 4 is 23.7 Å². The van der Waals surface area contributed by atoms with E-state index in [4.69, 9.17) is 18.6 Å². The summed E-state index contributed by atoms with van der Waals surface area (Å²) in [5.74, 6) is -1.80. The Morgan fingerprint density at radius 1 is 1.11 bits per heavy atom. The van der Waals surface area contributed by atoms with Crippen LogP contribution < -0.4 is 19.6 Å². The van der Waals surface area contributed by atoms with E-state index in [0.29, 0.717) is 0 Å². The van der Waals surface area contributed by atoms with Gasteiger partial charge in [0.1, 0.15) is 10.5 Å². The standard InChI is InChI=1S/C15H14N4O9/c1-25-10-6-9(12(19(23)24)14(27-3)13(10)26-2)15(20)17-16-7-8-4-5-11(28-8)18(21)22/h4-7H,1-3H3,(H,17,20)/b16-7-. The number of nitrogens with zero attached hydrogens (tertiary/aromatic N) is 3. The second-order valence-electron chi connectivity index (χ2n) is 4.93. The lowest BCUT2D eigenvalue weighted by Gasteiger charge is -2.14. The summed E-state index contributed by atoms with van der Waals surface area (Å²) in [6.07, 6.45) is 0.995. The van der Waals surface area contributed by atoms with Crippen molar-refractivity contribution in [3.05, 3.63) is 49.8 Å². The summed E-state index contributed by atoms with van der Waals surface area (Å²) in [4.78, 5) is 32.9. The van der Waals surface area contributed by atoms with Gasteiger partial charge in [-0.2, -0.15) is 5.10 Å². The third-order valence-electron chi connectivity index (χ3n) is 3.38. The first kappa shape index (κ1) is 20.2. The molecule has 0 saturated carbocycles. The fraction of sp³-hybridized carbons (Fsp3) is 0.200. The van der Waals surface area contributed by atoms with Gasteiger partial charge >= 0.3 is 11.6 Å². The van der Waals surface area contributed by atoms with Gasteiger partial charge in [0.25, 0.3) is 5.91 Å². The highest BCUT2D eigenvalue weighted by Gasteiger charge is 2.32. The molecule has 1 N–H and O–H groups in total. The van der Waals surface area contributed by atoms with Crippen LogP contribution in [0.25, 0.3) is 0 Å². The van der Waals surface area contributed by atoms with Crippen molar-refractivity contribution in [3.63, 3.8) is 0 Å². The van der Waals surface area contributed by atoms with Crippen molar-refractivity contribution in [2.75, 3.05) is 21.3 Å². The lowest BCUT2D eigenvalue weighted by atomic mass is 10.1. The first-order chi connectivity index (χ1) is 13.3. The Morgan fingerprint density at radius 3 is 2.29 bits per heavy atom. The van der Waals surface area contributed by atoms with Crippen molar-refractivity contribution < 1.29 is 33.3 Å². The summed E-state index contributed by atoms with van der Waals surface area (Å²) in [7, 11) is 3.72. The SMILES string of the molecule is COc1cc(C(=O)N/N=C\c2ccc([N+](=O)[O-])o2)c([N+](=O)[O-])c(OC)c1OC. The predicted molar refractivity (Wildman–Crippen MR) is 93.2 cm³/mol. The van der Waals surface area contributed by atoms with Gasteiger partial charge in [-0.25, -0.2) is 5.43 Å². The second-order valence-corrected chi connectivity index (χ2v) is 4.93. The maximum Gasteiger partial charge on any atom is 0.433 e. The van der Waals surface area contributed by atoms with E-state index in [9.17, 15) is 25.0 Å². The Kier molecular flexibility index (Phi) is 6.11. The van der Waals surface area contributed by atoms with Gasteiger partial charge in [-0.1, -0.05) is 0 Å². The molecule has 2 rings (SSSR count). The second kappa shape index (κ2) is 8.48. The Labute approximate surface area is 156 Å². The molecule has 28 heavy (non-hydrogen) atoms. The summed E-state index contributed by atoms with van der Waals surface area (Å²) in [6, 6.07) is 3.46. The molecule has 0 saturated heterocycles. The zero-order valence-corrected chi connectivity index (χ0v) is 14.8. The summed E-state index contributed by atoms with van der Waals surface area (Å²) >= 11 is 0. The van der Waals surface area contributed by atoms with E-state index in [1.807, 2.05) is 0 Å². The highest BCUT2D eigenvalue weighted by molar-refractivity contribution is 6.01. The van der Waals surface area contributed by atoms with E-state index in [0.717, 1.165) is 18.3 Å². The lowest BCUT2D eigenvalue weighted by molar-refractivity contribution is -0.402. The summed E-state index contributed by atoms with van der Waals surface area (Å²) in [5.41, 5.74) is 1.01. The molecule has 0 atom stereocenters. The molecule has 0 bridgehead atoms. The van der Waals surface area contributed by atoms with Crippen LogP contribution in [0.4, 0.5) is 11.6 Å². The van der Waals surface area contributed by atoms with Gasteiger partial charge in [0, 0.05) is 6.07 Å². The number of nitro benzene ring substituents is 1. The van der Waals surface area contributed by atoms with E-state index < -0.39 is 32.9 Å². The summed E-state index contributed by atoms with van der Waals surface area (Å²) in [5, 5.41) is 25.6. The van der Waals surface area contributed by atoms with Crippen LogP contribution in [0, 0.1) is 20.2 Å². The first-order valence-corrected chi connectivity index (χ1v) is 7.39. The number of carbonyl (C=O) groups is 1. The number of furan rings is 1. The van der Waals surface area contributed by atoms with Crippen molar-refractivity contribution in [2.45, 2.75) is 0 Å². The van der Waals surface area contributed by atoms with E-state index in [1.165, 1.54) is 27.4 Å². The molecule has 148 valence electrons. The average molecular weight is 394 g/mol. The Morgan fingerprint density at radius 2 is 1.79 bits per heavy atom. The Balaban J connectivity index is 2.36. The molecule has 0 aliphatic carbocycles. The smallest absolute Gasteiger partial charge is 0.433 e. The molecule has 0 aliphatic heterocycles. The zero-order chi connectivity index (χ0) is 20.8. The van der Waals surface area contributed by atoms with Gasteiger partial charge < -0.3 is 18.6 Å². The first-order valence-electron chi connectivity index (χ1n) is 7.39. The summed E-state index contributed by atoms with van der Waals surface area (Å²) in [6.45, 7) is 0. The van der Waals surface area contributed by atoms with E-state index in [1.54, 1.807) is 0 Å². The quantitative estimate of drug-likeness (QED) is 0.399. The number of ether oxygens (including phenoxy) is 3. The number of carbonyl (C=O) groups excluding carboxylic acids is 1. The molecule has 2 aromatic rings. The van der Waals surface area contributed by atoms with Crippen molar-refractivity contribution in [1.29, 1.82) is 0 Å². The number of nitro groups is 2. The molecule has 0 unspecified atom stereocenters. The molecule has 0 spiro atoms. The van der Waals surface area contributed by atoms with Gasteiger partial charge in [-0.15, -0.1) is 0 Å². The van der Waals surface area contributed by atoms with Crippen LogP contribution in [-0.2, 0) is 0 Å². The van der Waals surface area contributed by atoms with E-state index in [2.05, 4.69) is 10.5 Å². The summed E-state index contributed by atoms with van der Waals surface area (Å²) < 4.78 is 20.0. The molecule has 1 aromatic heterocycles. The van der Waals surface area contributed by atoms with Crippen LogP contribution in [0.15, 0.2) is 27.7 Å². The van der Waals surface area contributed by atoms with Crippen molar-refractivity contribution in [3.8, 4) is 17.2 Å². The molecule has 13 heteroatoms. The van der Waals surface area contributed by atoms with Crippen LogP contribution in [0.3, 0.4) is 0 Å². The number of hydrogen-bond acceptors (Lipinski definition) is 10. The third-order valence-corrected chi connectivity index (χ3v) is 3.38. The van der Waals surface area contributed by atoms with Crippen LogP contribution in [0.2, 0.25) is 0 Å². The average Bonchev–Trinajstić information content (AvgIpc) is 3.14. The van der Waals surface area contributed by atoms with Crippen molar-refractivity contribution in [1.82, 2.24) is 5.43 Å². The highest BCUT2D eigenvalue weighted by Crippen LogP contribution is 2.46. The number of amides is 1. The maximum atomic E-state index is 12.4. The molecule has 1 heterocycles. The number of nitrogens with one attached hydrogen (secondary N) is 1. The Bertz CT molecular complexity index is 951. The zero-order valence-electron chi connectivity index (χ0n) is 14.8. The Hall–Kier alpha value is -4.16. The third kappa shape index (κ3) is 3.98. The highest BCUT2D eigenvalue weighted by atomic mass is 16.6. The monoisotopic (exact) mass is 394 g/mol. The molecule has 0 fully saturated rings. The number of benzene rings is 1. The normalized spacial score (nSPS) is 10.5. The largest absolute Gasteiger partial charge is 0.493 e. The number of methoxy groups -OCH3 is 3. The number of hydrogen-bond donors (Lipinski definition) is 1. The minimum Gasteiger partial charge on any atom is -0.493 e. The lowest BCUT2D eigenvalue weighted by Crippen LogP contribution is -2.19. The van der Waals surface area contributed by atoms with Crippen LogP contribution >= 0.6 is 0 Å². The van der Waals surface area contributed by atoms with E-state index >= 15 is 0 Å². The van der Waals surface area contributed by atoms with Gasteiger partial charge in [0.2, 0.25) is 11.5 Å². The van der Waals surface area contributed by atoms with E-state index in [-0.39, 0.29) is 23.0 Å². The molecule has 13 nitrogen and oxygen atoms in total. The van der Waals surface area contributed by atoms with Crippen LogP contribution in [0.1, 0.15) is 16.1 Å². The predicted octanol–water partition coefficient (Wildman–Crippen LogP) is 1.89. The topological polar surface area (TPSA) is 169 Å². The van der Waals surface area contributed by atoms with Crippen LogP contribution in [0.5, 0.6) is 17.2 Å².